The van der Waals surface area contributed by atoms with Gasteiger partial charge in [-0.1, -0.05) is 6.07 Å². The number of carbonyl (C=O) groups excluding carboxylic acids is 1. The first-order valence-electron chi connectivity index (χ1n) is 12.3. The number of urea groups is 1. The van der Waals surface area contributed by atoms with Gasteiger partial charge < -0.3 is 10.2 Å². The molecule has 7 nitrogen and oxygen atoms in total. The molecule has 3 heterocycles. The number of likely N-dealkylation sites (N-methyl/N-ethyl adjacent to an activating group) is 1. The molecule has 0 spiro atoms. The summed E-state index contributed by atoms with van der Waals surface area (Å²) < 4.78 is 28.8. The molecule has 3 saturated heterocycles. The zero-order chi connectivity index (χ0) is 22.0. The van der Waals surface area contributed by atoms with Crippen LogP contribution in [-0.2, 0) is 35.7 Å². The van der Waals surface area contributed by atoms with Crippen molar-refractivity contribution in [2.75, 3.05) is 25.5 Å². The van der Waals surface area contributed by atoms with Crippen LogP contribution in [-0.4, -0.2) is 67.8 Å². The highest BCUT2D eigenvalue weighted by atomic mass is 32.2. The maximum atomic E-state index is 13.2. The third-order valence-electron chi connectivity index (χ3n) is 8.60. The van der Waals surface area contributed by atoms with Crippen molar-refractivity contribution in [3.05, 3.63) is 28.3 Å². The van der Waals surface area contributed by atoms with Crippen LogP contribution in [0.15, 0.2) is 6.07 Å². The van der Waals surface area contributed by atoms with Crippen LogP contribution in [0.25, 0.3) is 0 Å². The van der Waals surface area contributed by atoms with Gasteiger partial charge in [0.25, 0.3) is 0 Å². The highest BCUT2D eigenvalue weighted by Gasteiger charge is 2.49. The van der Waals surface area contributed by atoms with Crippen molar-refractivity contribution in [1.29, 1.82) is 0 Å². The van der Waals surface area contributed by atoms with Crippen molar-refractivity contribution >= 4 is 21.7 Å². The lowest BCUT2D eigenvalue weighted by Gasteiger charge is -2.50. The highest BCUT2D eigenvalue weighted by molar-refractivity contribution is 7.90. The topological polar surface area (TPSA) is 81.8 Å². The maximum Gasteiger partial charge on any atom is 0.332 e. The van der Waals surface area contributed by atoms with E-state index in [0.717, 1.165) is 70.1 Å². The fourth-order valence-electron chi connectivity index (χ4n) is 7.19. The molecular formula is C24H34N4O3S. The summed E-state index contributed by atoms with van der Waals surface area (Å²) in [7, 11) is -1.57. The molecule has 5 aliphatic rings. The number of aryl methyl sites for hydroxylation is 2. The Morgan fingerprint density at radius 2 is 1.53 bits per heavy atom. The van der Waals surface area contributed by atoms with E-state index in [9.17, 15) is 13.2 Å². The van der Waals surface area contributed by atoms with Crippen LogP contribution in [0.4, 0.5) is 10.5 Å². The van der Waals surface area contributed by atoms with E-state index < -0.39 is 21.3 Å². The normalized spacial score (nSPS) is 30.1. The quantitative estimate of drug-likeness (QED) is 0.724. The smallest absolute Gasteiger partial charge is 0.307 e. The first-order chi connectivity index (χ1) is 15.4. The van der Waals surface area contributed by atoms with Crippen molar-refractivity contribution < 1.29 is 13.2 Å². The predicted octanol–water partition coefficient (Wildman–Crippen LogP) is 2.42. The zero-order valence-electron chi connectivity index (χ0n) is 18.9. The maximum absolute atomic E-state index is 13.2. The largest absolute Gasteiger partial charge is 0.332 e. The van der Waals surface area contributed by atoms with E-state index in [0.29, 0.717) is 31.0 Å². The molecule has 1 aromatic rings. The van der Waals surface area contributed by atoms with Crippen molar-refractivity contribution in [1.82, 2.24) is 14.5 Å². The summed E-state index contributed by atoms with van der Waals surface area (Å²) in [4.78, 5) is 17.8. The van der Waals surface area contributed by atoms with Crippen LogP contribution in [0.1, 0.15) is 60.8 Å². The Bertz CT molecular complexity index is 1000. The molecule has 0 aromatic heterocycles. The van der Waals surface area contributed by atoms with Gasteiger partial charge >= 0.3 is 6.03 Å². The Morgan fingerprint density at radius 3 is 2.09 bits per heavy atom. The van der Waals surface area contributed by atoms with Crippen LogP contribution >= 0.6 is 0 Å². The fraction of sp³-hybridized carbons (Fsp3) is 0.708. The molecule has 2 amide bonds. The molecule has 0 radical (unpaired) electrons. The van der Waals surface area contributed by atoms with Crippen LogP contribution in [0, 0.1) is 0 Å². The number of nitrogens with one attached hydrogen (secondary N) is 2. The Labute approximate surface area is 191 Å². The lowest BCUT2D eigenvalue weighted by molar-refractivity contribution is 0.000515. The highest BCUT2D eigenvalue weighted by Crippen LogP contribution is 2.41. The summed E-state index contributed by atoms with van der Waals surface area (Å²) in [5.74, 6) is 0. The minimum Gasteiger partial charge on any atom is -0.307 e. The van der Waals surface area contributed by atoms with Gasteiger partial charge in [0.2, 0.25) is 10.0 Å². The van der Waals surface area contributed by atoms with Gasteiger partial charge in [0.15, 0.2) is 0 Å². The first kappa shape index (κ1) is 20.9. The third kappa shape index (κ3) is 3.46. The van der Waals surface area contributed by atoms with Gasteiger partial charge in [0.1, 0.15) is 0 Å². The minimum atomic E-state index is -3.70. The first-order valence-corrected chi connectivity index (χ1v) is 13.9. The molecule has 2 N–H and O–H groups in total. The fourth-order valence-corrected chi connectivity index (χ4v) is 8.61. The molecule has 2 atom stereocenters. The molecule has 2 unspecified atom stereocenters. The molecule has 174 valence electrons. The number of likely N-dealkylation sites (tertiary alicyclic amines) is 1. The summed E-state index contributed by atoms with van der Waals surface area (Å²) in [6.45, 7) is 2.16. The van der Waals surface area contributed by atoms with Gasteiger partial charge in [-0.2, -0.15) is 0 Å². The van der Waals surface area contributed by atoms with Crippen LogP contribution in [0.5, 0.6) is 0 Å². The van der Waals surface area contributed by atoms with Crippen molar-refractivity contribution in [3.8, 4) is 0 Å². The van der Waals surface area contributed by atoms with Gasteiger partial charge in [-0.15, -0.1) is 0 Å². The SMILES string of the molecule is CN1CC(N2C3CCC2CC(S(=O)(=O)NC(=O)Nc2c4c(cc5c2CCC5)CCC4)C3)C1. The Kier molecular flexibility index (Phi) is 5.04. The van der Waals surface area contributed by atoms with E-state index in [4.69, 9.17) is 0 Å². The third-order valence-corrected chi connectivity index (χ3v) is 10.3. The van der Waals surface area contributed by atoms with Crippen LogP contribution < -0.4 is 10.0 Å². The monoisotopic (exact) mass is 458 g/mol. The molecule has 6 rings (SSSR count). The Balaban J connectivity index is 1.15. The number of nitrogens with zero attached hydrogens (tertiary/aromatic N) is 2. The van der Waals surface area contributed by atoms with E-state index in [2.05, 4.69) is 33.0 Å². The standard InChI is InChI=1S/C24H34N4O3S/c1-27-13-19(14-27)28-17-8-9-18(28)12-20(11-17)32(30,31)26-24(29)25-23-21-6-2-4-15(21)10-16-5-3-7-22(16)23/h10,17-20H,2-9,11-14H2,1H3,(H2,25,26,29). The van der Waals surface area contributed by atoms with Gasteiger partial charge in [-0.3, -0.25) is 4.90 Å². The summed E-state index contributed by atoms with van der Waals surface area (Å²) in [5.41, 5.74) is 5.98. The molecule has 8 heteroatoms. The second-order valence-electron chi connectivity index (χ2n) is 10.6. The number of piperidine rings is 1. The number of rotatable bonds is 4. The zero-order valence-corrected chi connectivity index (χ0v) is 19.7. The molecule has 2 bridgehead atoms. The second kappa shape index (κ2) is 7.71. The summed E-state index contributed by atoms with van der Waals surface area (Å²) >= 11 is 0. The summed E-state index contributed by atoms with van der Waals surface area (Å²) in [6, 6.07) is 2.96. The van der Waals surface area contributed by atoms with E-state index in [1.807, 2.05) is 0 Å². The molecule has 1 aromatic carbocycles. The van der Waals surface area contributed by atoms with Gasteiger partial charge in [-0.05, 0) is 93.5 Å². The number of anilines is 1. The average molecular weight is 459 g/mol. The summed E-state index contributed by atoms with van der Waals surface area (Å²) in [6.07, 6.45) is 9.65. The van der Waals surface area contributed by atoms with Gasteiger partial charge in [0.05, 0.1) is 5.25 Å². The molecule has 2 aliphatic carbocycles. The number of carbonyl (C=O) groups is 1. The van der Waals surface area contributed by atoms with Crippen LogP contribution in [0.2, 0.25) is 0 Å². The van der Waals surface area contributed by atoms with E-state index in [1.165, 1.54) is 22.3 Å². The minimum absolute atomic E-state index is 0.331. The van der Waals surface area contributed by atoms with Crippen molar-refractivity contribution in [3.63, 3.8) is 0 Å². The number of amides is 2. The van der Waals surface area contributed by atoms with E-state index in [1.54, 1.807) is 0 Å². The lowest BCUT2D eigenvalue weighted by atomic mass is 9.96. The number of sulfonamides is 1. The van der Waals surface area contributed by atoms with Gasteiger partial charge in [0, 0.05) is 36.9 Å². The van der Waals surface area contributed by atoms with Crippen LogP contribution in [0.3, 0.4) is 0 Å². The Morgan fingerprint density at radius 1 is 0.938 bits per heavy atom. The Hall–Kier alpha value is -1.64. The van der Waals surface area contributed by atoms with E-state index >= 15 is 0 Å². The molecule has 3 aliphatic heterocycles. The predicted molar refractivity (Wildman–Crippen MR) is 125 cm³/mol. The lowest BCUT2D eigenvalue weighted by Crippen LogP contribution is -2.63. The number of fused-ring (bicyclic) bond motifs is 4. The molecule has 32 heavy (non-hydrogen) atoms. The van der Waals surface area contributed by atoms with E-state index in [-0.39, 0.29) is 0 Å². The average Bonchev–Trinajstić information content (AvgIpc) is 3.42. The number of benzene rings is 1. The van der Waals surface area contributed by atoms with Crippen molar-refractivity contribution in [2.24, 2.45) is 0 Å². The second-order valence-corrected chi connectivity index (χ2v) is 12.6. The number of hydrogen-bond donors (Lipinski definition) is 2. The number of hydrogen-bond acceptors (Lipinski definition) is 5. The molecule has 0 saturated carbocycles. The molecular weight excluding hydrogens is 424 g/mol. The van der Waals surface area contributed by atoms with Crippen molar-refractivity contribution in [2.45, 2.75) is 87.6 Å². The summed E-state index contributed by atoms with van der Waals surface area (Å²) in [5, 5.41) is 2.50. The molecule has 3 fully saturated rings. The van der Waals surface area contributed by atoms with Gasteiger partial charge in [-0.25, -0.2) is 17.9 Å².